The van der Waals surface area contributed by atoms with E-state index in [1.54, 1.807) is 0 Å². The van der Waals surface area contributed by atoms with Crippen molar-refractivity contribution in [1.82, 2.24) is 20.1 Å². The molecule has 0 aliphatic carbocycles. The number of aryl methyl sites for hydroxylation is 2. The average molecular weight is 268 g/mol. The molecular weight excluding hydrogens is 248 g/mol. The molecule has 0 bridgehead atoms. The van der Waals surface area contributed by atoms with Crippen molar-refractivity contribution in [2.24, 2.45) is 7.05 Å². The fraction of sp³-hybridized carbons (Fsp3) is 0.312. The van der Waals surface area contributed by atoms with Crippen LogP contribution < -0.4 is 5.32 Å². The van der Waals surface area contributed by atoms with Gasteiger partial charge in [-0.2, -0.15) is 5.10 Å². The third kappa shape index (κ3) is 2.60. The van der Waals surface area contributed by atoms with E-state index >= 15 is 0 Å². The first-order valence-corrected chi connectivity index (χ1v) is 6.98. The summed E-state index contributed by atoms with van der Waals surface area (Å²) in [5, 5.41) is 9.01. The van der Waals surface area contributed by atoms with Crippen LogP contribution in [0.2, 0.25) is 0 Å². The maximum Gasteiger partial charge on any atom is 0.0534 e. The Bertz CT molecular complexity index is 708. The van der Waals surface area contributed by atoms with E-state index in [0.29, 0.717) is 0 Å². The first-order chi connectivity index (χ1) is 9.74. The summed E-state index contributed by atoms with van der Waals surface area (Å²) in [6.07, 6.45) is 7.11. The van der Waals surface area contributed by atoms with E-state index < -0.39 is 0 Å². The minimum atomic E-state index is 0.870. The number of nitrogens with one attached hydrogen (secondary N) is 2. The summed E-state index contributed by atoms with van der Waals surface area (Å²) in [6.45, 7) is 4.01. The van der Waals surface area contributed by atoms with Crippen molar-refractivity contribution in [3.63, 3.8) is 0 Å². The molecule has 0 aliphatic rings. The van der Waals surface area contributed by atoms with Crippen LogP contribution >= 0.6 is 0 Å². The van der Waals surface area contributed by atoms with Crippen LogP contribution in [0.25, 0.3) is 10.9 Å². The first kappa shape index (κ1) is 12.9. The second-order valence-electron chi connectivity index (χ2n) is 5.26. The smallest absolute Gasteiger partial charge is 0.0534 e. The molecule has 0 fully saturated rings. The van der Waals surface area contributed by atoms with Gasteiger partial charge in [0.05, 0.1) is 6.20 Å². The Morgan fingerprint density at radius 2 is 2.25 bits per heavy atom. The summed E-state index contributed by atoms with van der Waals surface area (Å²) in [5.41, 5.74) is 5.18. The van der Waals surface area contributed by atoms with Crippen LogP contribution in [0.1, 0.15) is 16.7 Å². The van der Waals surface area contributed by atoms with Crippen LogP contribution in [-0.4, -0.2) is 21.3 Å². The highest BCUT2D eigenvalue weighted by atomic mass is 15.2. The number of rotatable bonds is 5. The topological polar surface area (TPSA) is 45.6 Å². The summed E-state index contributed by atoms with van der Waals surface area (Å²) in [4.78, 5) is 3.35. The highest BCUT2D eigenvalue weighted by Crippen LogP contribution is 2.22. The van der Waals surface area contributed by atoms with Crippen molar-refractivity contribution in [2.75, 3.05) is 6.54 Å². The lowest BCUT2D eigenvalue weighted by Crippen LogP contribution is -2.16. The molecule has 2 heterocycles. The zero-order chi connectivity index (χ0) is 13.9. The fourth-order valence-corrected chi connectivity index (χ4v) is 2.67. The first-order valence-electron chi connectivity index (χ1n) is 6.98. The lowest BCUT2D eigenvalue weighted by molar-refractivity contribution is 0.687. The Morgan fingerprint density at radius 3 is 3.05 bits per heavy atom. The van der Waals surface area contributed by atoms with Crippen LogP contribution in [0.4, 0.5) is 0 Å². The van der Waals surface area contributed by atoms with Crippen LogP contribution in [-0.2, 0) is 20.0 Å². The summed E-state index contributed by atoms with van der Waals surface area (Å²) in [6, 6.07) is 6.40. The molecule has 4 nitrogen and oxygen atoms in total. The number of fused-ring (bicyclic) bond motifs is 1. The molecule has 3 aromatic rings. The lowest BCUT2D eigenvalue weighted by atomic mass is 10.1. The average Bonchev–Trinajstić information content (AvgIpc) is 3.02. The zero-order valence-corrected chi connectivity index (χ0v) is 12.0. The van der Waals surface area contributed by atoms with Crippen molar-refractivity contribution in [2.45, 2.75) is 19.9 Å². The van der Waals surface area contributed by atoms with E-state index in [9.17, 15) is 0 Å². The number of hydrogen-bond donors (Lipinski definition) is 2. The molecule has 2 aromatic heterocycles. The SMILES string of the molecule is Cc1cccc2[nH]cc(CCNCc3cnn(C)c3)c12. The Morgan fingerprint density at radius 1 is 1.35 bits per heavy atom. The summed E-state index contributed by atoms with van der Waals surface area (Å²) >= 11 is 0. The predicted molar refractivity (Wildman–Crippen MR) is 81.7 cm³/mol. The third-order valence-corrected chi connectivity index (χ3v) is 3.65. The van der Waals surface area contributed by atoms with Crippen LogP contribution in [0.15, 0.2) is 36.8 Å². The quantitative estimate of drug-likeness (QED) is 0.699. The number of H-pyrrole nitrogens is 1. The molecule has 0 saturated heterocycles. The fourth-order valence-electron chi connectivity index (χ4n) is 2.67. The van der Waals surface area contributed by atoms with Gasteiger partial charge in [-0.05, 0) is 37.1 Å². The minimum Gasteiger partial charge on any atom is -0.361 e. The number of benzene rings is 1. The monoisotopic (exact) mass is 268 g/mol. The molecule has 20 heavy (non-hydrogen) atoms. The van der Waals surface area contributed by atoms with Crippen LogP contribution in [0.3, 0.4) is 0 Å². The number of aromatic amines is 1. The van der Waals surface area contributed by atoms with Gasteiger partial charge >= 0.3 is 0 Å². The van der Waals surface area contributed by atoms with Gasteiger partial charge in [0.2, 0.25) is 0 Å². The van der Waals surface area contributed by atoms with Gasteiger partial charge in [0.1, 0.15) is 0 Å². The standard InChI is InChI=1S/C16H20N4/c1-12-4-3-5-15-16(12)14(10-18-15)6-7-17-8-13-9-19-20(2)11-13/h3-5,9-11,17-18H,6-8H2,1-2H3. The molecule has 3 rings (SSSR count). The van der Waals surface area contributed by atoms with Crippen molar-refractivity contribution >= 4 is 10.9 Å². The highest BCUT2D eigenvalue weighted by Gasteiger charge is 2.05. The molecule has 0 unspecified atom stereocenters. The van der Waals surface area contributed by atoms with E-state index in [4.69, 9.17) is 0 Å². The molecule has 0 aliphatic heterocycles. The Labute approximate surface area is 118 Å². The Kier molecular flexibility index (Phi) is 3.56. The van der Waals surface area contributed by atoms with Gasteiger partial charge in [-0.1, -0.05) is 12.1 Å². The van der Waals surface area contributed by atoms with Crippen LogP contribution in [0, 0.1) is 6.92 Å². The van der Waals surface area contributed by atoms with Crippen LogP contribution in [0.5, 0.6) is 0 Å². The molecular formula is C16H20N4. The zero-order valence-electron chi connectivity index (χ0n) is 12.0. The predicted octanol–water partition coefficient (Wildman–Crippen LogP) is 2.54. The molecule has 2 N–H and O–H groups in total. The van der Waals surface area contributed by atoms with E-state index in [1.807, 2.05) is 24.1 Å². The van der Waals surface area contributed by atoms with Gasteiger partial charge in [0.15, 0.2) is 0 Å². The minimum absolute atomic E-state index is 0.870. The number of aromatic nitrogens is 3. The summed E-state index contributed by atoms with van der Waals surface area (Å²) in [5.74, 6) is 0. The van der Waals surface area contributed by atoms with Crippen molar-refractivity contribution < 1.29 is 0 Å². The van der Waals surface area contributed by atoms with Gasteiger partial charge in [-0.15, -0.1) is 0 Å². The van der Waals surface area contributed by atoms with Gasteiger partial charge < -0.3 is 10.3 Å². The largest absolute Gasteiger partial charge is 0.361 e. The van der Waals surface area contributed by atoms with Gasteiger partial charge in [0, 0.05) is 42.5 Å². The van der Waals surface area contributed by atoms with E-state index in [-0.39, 0.29) is 0 Å². The summed E-state index contributed by atoms with van der Waals surface area (Å²) < 4.78 is 1.83. The van der Waals surface area contributed by atoms with E-state index in [2.05, 4.69) is 46.7 Å². The highest BCUT2D eigenvalue weighted by molar-refractivity contribution is 5.86. The maximum absolute atomic E-state index is 4.17. The van der Waals surface area contributed by atoms with E-state index in [1.165, 1.54) is 27.6 Å². The second kappa shape index (κ2) is 5.51. The van der Waals surface area contributed by atoms with Crippen molar-refractivity contribution in [1.29, 1.82) is 0 Å². The van der Waals surface area contributed by atoms with Crippen molar-refractivity contribution in [3.8, 4) is 0 Å². The van der Waals surface area contributed by atoms with Crippen molar-refractivity contribution in [3.05, 3.63) is 53.5 Å². The normalized spacial score (nSPS) is 11.3. The number of nitrogens with zero attached hydrogens (tertiary/aromatic N) is 2. The van der Waals surface area contributed by atoms with Gasteiger partial charge in [-0.3, -0.25) is 4.68 Å². The molecule has 104 valence electrons. The molecule has 0 saturated carbocycles. The molecule has 4 heteroatoms. The maximum atomic E-state index is 4.17. The molecule has 0 spiro atoms. The lowest BCUT2D eigenvalue weighted by Gasteiger charge is -2.04. The van der Waals surface area contributed by atoms with Gasteiger partial charge in [-0.25, -0.2) is 0 Å². The summed E-state index contributed by atoms with van der Waals surface area (Å²) in [7, 11) is 1.94. The Balaban J connectivity index is 1.60. The molecule has 0 radical (unpaired) electrons. The third-order valence-electron chi connectivity index (χ3n) is 3.65. The Hall–Kier alpha value is -2.07. The molecule has 0 atom stereocenters. The van der Waals surface area contributed by atoms with Gasteiger partial charge in [0.25, 0.3) is 0 Å². The van der Waals surface area contributed by atoms with E-state index in [0.717, 1.165) is 19.5 Å². The molecule has 1 aromatic carbocycles. The molecule has 0 amide bonds. The number of hydrogen-bond acceptors (Lipinski definition) is 2. The second-order valence-corrected chi connectivity index (χ2v) is 5.26.